The second-order valence-electron chi connectivity index (χ2n) is 5.85. The number of rotatable bonds is 5. The van der Waals surface area contributed by atoms with Gasteiger partial charge in [0.15, 0.2) is 0 Å². The zero-order valence-electron chi connectivity index (χ0n) is 12.9. The van der Waals surface area contributed by atoms with Crippen molar-refractivity contribution in [1.29, 1.82) is 0 Å². The molecule has 0 bridgehead atoms. The summed E-state index contributed by atoms with van der Waals surface area (Å²) in [6.45, 7) is 1.58. The summed E-state index contributed by atoms with van der Waals surface area (Å²) in [5, 5.41) is 2.97. The minimum atomic E-state index is -3.66. The quantitative estimate of drug-likeness (QED) is 0.815. The Bertz CT molecular complexity index is 579. The van der Waals surface area contributed by atoms with Crippen molar-refractivity contribution in [2.75, 3.05) is 0 Å². The molecule has 1 aliphatic carbocycles. The van der Waals surface area contributed by atoms with Crippen LogP contribution in [0, 0.1) is 0 Å². The van der Waals surface area contributed by atoms with Crippen molar-refractivity contribution >= 4 is 15.9 Å². The van der Waals surface area contributed by atoms with Crippen molar-refractivity contribution in [3.05, 3.63) is 30.3 Å². The molecule has 5 nitrogen and oxygen atoms in total. The molecule has 1 saturated carbocycles. The summed E-state index contributed by atoms with van der Waals surface area (Å²) < 4.78 is 26.8. The number of nitrogens with one attached hydrogen (secondary N) is 2. The van der Waals surface area contributed by atoms with Crippen LogP contribution in [0.25, 0.3) is 0 Å². The van der Waals surface area contributed by atoms with Crippen LogP contribution in [0.2, 0.25) is 0 Å². The first-order valence-corrected chi connectivity index (χ1v) is 9.35. The van der Waals surface area contributed by atoms with E-state index in [-0.39, 0.29) is 16.8 Å². The number of amides is 1. The summed E-state index contributed by atoms with van der Waals surface area (Å²) in [5.74, 6) is -0.258. The second-order valence-corrected chi connectivity index (χ2v) is 7.57. The number of hydrogen-bond donors (Lipinski definition) is 2. The minimum absolute atomic E-state index is 0.165. The molecule has 0 aliphatic heterocycles. The second kappa shape index (κ2) is 7.74. The lowest BCUT2D eigenvalue weighted by atomic mass is 10.1. The minimum Gasteiger partial charge on any atom is -0.352 e. The van der Waals surface area contributed by atoms with E-state index in [9.17, 15) is 13.2 Å². The van der Waals surface area contributed by atoms with Gasteiger partial charge >= 0.3 is 0 Å². The van der Waals surface area contributed by atoms with Gasteiger partial charge < -0.3 is 5.32 Å². The molecule has 0 radical (unpaired) electrons. The molecule has 2 N–H and O–H groups in total. The Hall–Kier alpha value is -1.40. The fourth-order valence-corrected chi connectivity index (χ4v) is 3.93. The van der Waals surface area contributed by atoms with Gasteiger partial charge in [-0.1, -0.05) is 43.9 Å². The van der Waals surface area contributed by atoms with E-state index in [1.165, 1.54) is 25.0 Å². The Morgan fingerprint density at radius 1 is 1.09 bits per heavy atom. The first-order valence-electron chi connectivity index (χ1n) is 7.87. The Labute approximate surface area is 132 Å². The van der Waals surface area contributed by atoms with E-state index in [1.807, 2.05) is 0 Å². The summed E-state index contributed by atoms with van der Waals surface area (Å²) in [4.78, 5) is 12.4. The first kappa shape index (κ1) is 17.0. The van der Waals surface area contributed by atoms with Gasteiger partial charge in [0.1, 0.15) is 0 Å². The van der Waals surface area contributed by atoms with Crippen LogP contribution < -0.4 is 10.0 Å². The van der Waals surface area contributed by atoms with Gasteiger partial charge in [-0.2, -0.15) is 4.72 Å². The molecule has 1 aromatic rings. The highest BCUT2D eigenvalue weighted by molar-refractivity contribution is 7.89. The summed E-state index contributed by atoms with van der Waals surface area (Å²) in [7, 11) is -3.66. The smallest absolute Gasteiger partial charge is 0.241 e. The van der Waals surface area contributed by atoms with Crippen LogP contribution in [0.1, 0.15) is 45.4 Å². The van der Waals surface area contributed by atoms with E-state index in [4.69, 9.17) is 0 Å². The largest absolute Gasteiger partial charge is 0.352 e. The highest BCUT2D eigenvalue weighted by Crippen LogP contribution is 2.17. The predicted molar refractivity (Wildman–Crippen MR) is 85.9 cm³/mol. The highest BCUT2D eigenvalue weighted by Gasteiger charge is 2.23. The predicted octanol–water partition coefficient (Wildman–Crippen LogP) is 2.19. The third kappa shape index (κ3) is 4.81. The van der Waals surface area contributed by atoms with Gasteiger partial charge in [-0.05, 0) is 31.9 Å². The first-order chi connectivity index (χ1) is 10.5. The van der Waals surface area contributed by atoms with Gasteiger partial charge in [0, 0.05) is 6.04 Å². The van der Waals surface area contributed by atoms with Gasteiger partial charge in [-0.25, -0.2) is 8.42 Å². The van der Waals surface area contributed by atoms with Gasteiger partial charge in [-0.3, -0.25) is 4.79 Å². The summed E-state index contributed by atoms with van der Waals surface area (Å²) >= 11 is 0. The van der Waals surface area contributed by atoms with Crippen LogP contribution in [-0.4, -0.2) is 26.4 Å². The summed E-state index contributed by atoms with van der Waals surface area (Å²) in [6.07, 6.45) is 6.61. The van der Waals surface area contributed by atoms with Crippen LogP contribution >= 0.6 is 0 Å². The molecule has 1 atom stereocenters. The monoisotopic (exact) mass is 324 g/mol. The van der Waals surface area contributed by atoms with E-state index >= 15 is 0 Å². The van der Waals surface area contributed by atoms with E-state index in [0.717, 1.165) is 25.7 Å². The summed E-state index contributed by atoms with van der Waals surface area (Å²) in [6, 6.07) is 7.47. The molecule has 6 heteroatoms. The molecule has 0 unspecified atom stereocenters. The lowest BCUT2D eigenvalue weighted by Crippen LogP contribution is -2.47. The molecule has 0 spiro atoms. The van der Waals surface area contributed by atoms with Gasteiger partial charge in [0.2, 0.25) is 15.9 Å². The van der Waals surface area contributed by atoms with Crippen molar-refractivity contribution in [3.8, 4) is 0 Å². The van der Waals surface area contributed by atoms with Crippen LogP contribution in [0.5, 0.6) is 0 Å². The van der Waals surface area contributed by atoms with E-state index in [1.54, 1.807) is 25.1 Å². The maximum Gasteiger partial charge on any atom is 0.241 e. The number of sulfonamides is 1. The van der Waals surface area contributed by atoms with Crippen LogP contribution in [0.3, 0.4) is 0 Å². The normalized spacial score (nSPS) is 18.4. The van der Waals surface area contributed by atoms with Crippen LogP contribution in [0.15, 0.2) is 35.2 Å². The molecule has 1 aromatic carbocycles. The van der Waals surface area contributed by atoms with E-state index in [0.29, 0.717) is 0 Å². The summed E-state index contributed by atoms with van der Waals surface area (Å²) in [5.41, 5.74) is 0. The Morgan fingerprint density at radius 2 is 1.68 bits per heavy atom. The molecule has 0 aromatic heterocycles. The standard InChI is InChI=1S/C16H24N2O3S/c1-13(16(19)17-14-9-5-2-3-6-10-14)18-22(20,21)15-11-7-4-8-12-15/h4,7-8,11-14,18H,2-3,5-6,9-10H2,1H3,(H,17,19)/t13-/m1/s1. The molecule has 1 aliphatic rings. The van der Waals surface area contributed by atoms with Crippen molar-refractivity contribution in [1.82, 2.24) is 10.0 Å². The Kier molecular flexibility index (Phi) is 5.97. The third-order valence-electron chi connectivity index (χ3n) is 3.98. The molecule has 1 amide bonds. The fraction of sp³-hybridized carbons (Fsp3) is 0.562. The van der Waals surface area contributed by atoms with E-state index in [2.05, 4.69) is 10.0 Å². The van der Waals surface area contributed by atoms with Crippen molar-refractivity contribution < 1.29 is 13.2 Å². The fourth-order valence-electron chi connectivity index (χ4n) is 2.70. The topological polar surface area (TPSA) is 75.3 Å². The number of carbonyl (C=O) groups is 1. The zero-order valence-corrected chi connectivity index (χ0v) is 13.7. The van der Waals surface area contributed by atoms with Crippen molar-refractivity contribution in [2.24, 2.45) is 0 Å². The molecular formula is C16H24N2O3S. The molecular weight excluding hydrogens is 300 g/mol. The maximum atomic E-state index is 12.2. The third-order valence-corrected chi connectivity index (χ3v) is 5.54. The number of benzene rings is 1. The Balaban J connectivity index is 1.93. The molecule has 2 rings (SSSR count). The lowest BCUT2D eigenvalue weighted by molar-refractivity contribution is -0.123. The molecule has 0 saturated heterocycles. The number of hydrogen-bond acceptors (Lipinski definition) is 3. The SMILES string of the molecule is C[C@@H](NS(=O)(=O)c1ccccc1)C(=O)NC1CCCCCC1. The lowest BCUT2D eigenvalue weighted by Gasteiger charge is -2.20. The van der Waals surface area contributed by atoms with Crippen molar-refractivity contribution in [2.45, 2.75) is 62.4 Å². The van der Waals surface area contributed by atoms with Crippen LogP contribution in [-0.2, 0) is 14.8 Å². The average molecular weight is 324 g/mol. The average Bonchev–Trinajstić information content (AvgIpc) is 2.76. The molecule has 0 heterocycles. The maximum absolute atomic E-state index is 12.2. The molecule has 122 valence electrons. The molecule has 22 heavy (non-hydrogen) atoms. The zero-order chi connectivity index (χ0) is 16.0. The van der Waals surface area contributed by atoms with Crippen molar-refractivity contribution in [3.63, 3.8) is 0 Å². The van der Waals surface area contributed by atoms with Gasteiger partial charge in [0.05, 0.1) is 10.9 Å². The number of carbonyl (C=O) groups excluding carboxylic acids is 1. The van der Waals surface area contributed by atoms with Gasteiger partial charge in [0.25, 0.3) is 0 Å². The highest BCUT2D eigenvalue weighted by atomic mass is 32.2. The molecule has 1 fully saturated rings. The Morgan fingerprint density at radius 3 is 2.27 bits per heavy atom. The van der Waals surface area contributed by atoms with Crippen LogP contribution in [0.4, 0.5) is 0 Å². The van der Waals surface area contributed by atoms with E-state index < -0.39 is 16.1 Å². The van der Waals surface area contributed by atoms with Gasteiger partial charge in [-0.15, -0.1) is 0 Å².